The van der Waals surface area contributed by atoms with Gasteiger partial charge in [-0.05, 0) is 56.5 Å². The van der Waals surface area contributed by atoms with Gasteiger partial charge in [-0.15, -0.1) is 0 Å². The Morgan fingerprint density at radius 3 is 2.70 bits per heavy atom. The molecular formula is C24H30N4O5. The van der Waals surface area contributed by atoms with Crippen LogP contribution in [0.2, 0.25) is 0 Å². The molecule has 1 aliphatic heterocycles. The van der Waals surface area contributed by atoms with Gasteiger partial charge in [0.2, 0.25) is 11.8 Å². The smallest absolute Gasteiger partial charge is 0.224 e. The highest BCUT2D eigenvalue weighted by Crippen LogP contribution is 2.28. The van der Waals surface area contributed by atoms with Crippen molar-refractivity contribution in [1.29, 1.82) is 0 Å². The van der Waals surface area contributed by atoms with Crippen LogP contribution in [0, 0.1) is 5.92 Å². The summed E-state index contributed by atoms with van der Waals surface area (Å²) in [7, 11) is 1.51. The van der Waals surface area contributed by atoms with Gasteiger partial charge in [0.15, 0.2) is 17.3 Å². The number of benzene rings is 1. The lowest BCUT2D eigenvalue weighted by Crippen LogP contribution is -2.41. The topological polar surface area (TPSA) is 124 Å². The summed E-state index contributed by atoms with van der Waals surface area (Å²) in [6.07, 6.45) is 4.10. The number of rotatable bonds is 10. The molecule has 3 N–H and O–H groups in total. The second kappa shape index (κ2) is 11.3. The van der Waals surface area contributed by atoms with Crippen molar-refractivity contribution >= 4 is 29.1 Å². The van der Waals surface area contributed by atoms with E-state index in [2.05, 4.69) is 10.3 Å². The minimum Gasteiger partial charge on any atom is -0.493 e. The van der Waals surface area contributed by atoms with Gasteiger partial charge in [0.05, 0.1) is 31.5 Å². The Morgan fingerprint density at radius 2 is 2.03 bits per heavy atom. The molecule has 1 fully saturated rings. The highest BCUT2D eigenvalue weighted by molar-refractivity contribution is 5.94. The van der Waals surface area contributed by atoms with Crippen LogP contribution in [-0.4, -0.2) is 49.4 Å². The molecule has 2 heterocycles. The first kappa shape index (κ1) is 24.0. The molecule has 1 aromatic carbocycles. The van der Waals surface area contributed by atoms with Gasteiger partial charge < -0.3 is 25.4 Å². The maximum absolute atomic E-state index is 12.3. The summed E-state index contributed by atoms with van der Waals surface area (Å²) in [5.74, 6) is 1.14. The number of hydrogen-bond acceptors (Lipinski definition) is 7. The standard InChI is InChI=1S/C24H30N4O5/c1-16(29)17-7-9-20(21(13-17)32-2)33-12-4-6-23(30)27-19-8-10-22(26-14-19)28-11-3-5-18(15-28)24(25)31/h7-10,13-14,18H,3-6,11-12,15H2,1-2H3,(H2,25,31)(H,27,30). The van der Waals surface area contributed by atoms with Crippen molar-refractivity contribution in [2.45, 2.75) is 32.6 Å². The van der Waals surface area contributed by atoms with E-state index in [0.717, 1.165) is 25.2 Å². The highest BCUT2D eigenvalue weighted by Gasteiger charge is 2.24. The fourth-order valence-electron chi connectivity index (χ4n) is 3.71. The molecule has 176 valence electrons. The van der Waals surface area contributed by atoms with Gasteiger partial charge in [-0.1, -0.05) is 0 Å². The van der Waals surface area contributed by atoms with Crippen LogP contribution >= 0.6 is 0 Å². The van der Waals surface area contributed by atoms with E-state index in [0.29, 0.717) is 42.3 Å². The molecule has 33 heavy (non-hydrogen) atoms. The largest absolute Gasteiger partial charge is 0.493 e. The van der Waals surface area contributed by atoms with Crippen LogP contribution in [0.4, 0.5) is 11.5 Å². The lowest BCUT2D eigenvalue weighted by molar-refractivity contribution is -0.122. The SMILES string of the molecule is COc1cc(C(C)=O)ccc1OCCCC(=O)Nc1ccc(N2CCCC(C(N)=O)C2)nc1. The van der Waals surface area contributed by atoms with Gasteiger partial charge in [0.25, 0.3) is 0 Å². The molecule has 0 aliphatic carbocycles. The molecule has 1 saturated heterocycles. The monoisotopic (exact) mass is 454 g/mol. The first-order valence-corrected chi connectivity index (χ1v) is 11.0. The van der Waals surface area contributed by atoms with E-state index in [9.17, 15) is 14.4 Å². The zero-order valence-electron chi connectivity index (χ0n) is 19.0. The lowest BCUT2D eigenvalue weighted by atomic mass is 9.97. The molecule has 0 spiro atoms. The van der Waals surface area contributed by atoms with E-state index >= 15 is 0 Å². The average Bonchev–Trinajstić information content (AvgIpc) is 2.82. The van der Waals surface area contributed by atoms with Crippen LogP contribution in [-0.2, 0) is 9.59 Å². The first-order valence-electron chi connectivity index (χ1n) is 11.0. The Bertz CT molecular complexity index is 993. The second-order valence-corrected chi connectivity index (χ2v) is 8.01. The van der Waals surface area contributed by atoms with E-state index in [4.69, 9.17) is 15.2 Å². The number of Topliss-reactive ketones (excluding diaryl/α,β-unsaturated/α-hetero) is 1. The molecule has 1 aromatic heterocycles. The number of methoxy groups -OCH3 is 1. The number of carbonyl (C=O) groups excluding carboxylic acids is 3. The van der Waals surface area contributed by atoms with Crippen molar-refractivity contribution in [3.63, 3.8) is 0 Å². The van der Waals surface area contributed by atoms with E-state index in [1.165, 1.54) is 14.0 Å². The molecule has 0 saturated carbocycles. The van der Waals surface area contributed by atoms with Gasteiger partial charge >= 0.3 is 0 Å². The predicted octanol–water partition coefficient (Wildman–Crippen LogP) is 2.79. The van der Waals surface area contributed by atoms with Crippen molar-refractivity contribution in [1.82, 2.24) is 4.98 Å². The van der Waals surface area contributed by atoms with Crippen molar-refractivity contribution in [2.75, 3.05) is 37.0 Å². The number of anilines is 2. The van der Waals surface area contributed by atoms with Gasteiger partial charge in [-0.3, -0.25) is 14.4 Å². The zero-order valence-corrected chi connectivity index (χ0v) is 19.0. The van der Waals surface area contributed by atoms with E-state index in [1.54, 1.807) is 30.5 Å². The number of piperidine rings is 1. The Morgan fingerprint density at radius 1 is 1.21 bits per heavy atom. The number of nitrogens with two attached hydrogens (primary N) is 1. The fraction of sp³-hybridized carbons (Fsp3) is 0.417. The lowest BCUT2D eigenvalue weighted by Gasteiger charge is -2.32. The molecule has 0 bridgehead atoms. The van der Waals surface area contributed by atoms with Crippen molar-refractivity contribution in [2.24, 2.45) is 11.7 Å². The van der Waals surface area contributed by atoms with Gasteiger partial charge in [0.1, 0.15) is 5.82 Å². The fourth-order valence-corrected chi connectivity index (χ4v) is 3.71. The molecular weight excluding hydrogens is 424 g/mol. The summed E-state index contributed by atoms with van der Waals surface area (Å²) >= 11 is 0. The minimum absolute atomic E-state index is 0.0511. The Balaban J connectivity index is 1.44. The van der Waals surface area contributed by atoms with Crippen molar-refractivity contribution in [3.05, 3.63) is 42.1 Å². The molecule has 2 aromatic rings. The number of ether oxygens (including phenoxy) is 2. The normalized spacial score (nSPS) is 15.6. The highest BCUT2D eigenvalue weighted by atomic mass is 16.5. The van der Waals surface area contributed by atoms with E-state index in [1.807, 2.05) is 11.0 Å². The third kappa shape index (κ3) is 6.68. The van der Waals surface area contributed by atoms with Crippen LogP contribution in [0.15, 0.2) is 36.5 Å². The number of pyridine rings is 1. The number of hydrogen-bond donors (Lipinski definition) is 2. The van der Waals surface area contributed by atoms with E-state index < -0.39 is 0 Å². The minimum atomic E-state index is -0.279. The van der Waals surface area contributed by atoms with Gasteiger partial charge in [0, 0.05) is 25.1 Å². The Labute approximate surface area is 193 Å². The third-order valence-electron chi connectivity index (χ3n) is 5.56. The molecule has 1 atom stereocenters. The van der Waals surface area contributed by atoms with Gasteiger partial charge in [-0.2, -0.15) is 0 Å². The van der Waals surface area contributed by atoms with Crippen LogP contribution in [0.3, 0.4) is 0 Å². The van der Waals surface area contributed by atoms with Crippen molar-refractivity contribution < 1.29 is 23.9 Å². The summed E-state index contributed by atoms with van der Waals surface area (Å²) < 4.78 is 11.0. The number of ketones is 1. The number of primary amides is 1. The van der Waals surface area contributed by atoms with Crippen molar-refractivity contribution in [3.8, 4) is 11.5 Å². The Hall–Kier alpha value is -3.62. The van der Waals surface area contributed by atoms with E-state index in [-0.39, 0.29) is 29.9 Å². The molecule has 0 radical (unpaired) electrons. The predicted molar refractivity (Wildman–Crippen MR) is 125 cm³/mol. The molecule has 1 unspecified atom stereocenters. The number of nitrogens with zero attached hydrogens (tertiary/aromatic N) is 2. The zero-order chi connectivity index (χ0) is 23.8. The summed E-state index contributed by atoms with van der Waals surface area (Å²) in [4.78, 5) is 41.7. The quantitative estimate of drug-likeness (QED) is 0.418. The molecule has 9 nitrogen and oxygen atoms in total. The molecule has 9 heteroatoms. The molecule has 2 amide bonds. The third-order valence-corrected chi connectivity index (χ3v) is 5.56. The van der Waals surface area contributed by atoms with Gasteiger partial charge in [-0.25, -0.2) is 4.98 Å². The Kier molecular flexibility index (Phi) is 8.23. The maximum Gasteiger partial charge on any atom is 0.224 e. The summed E-state index contributed by atoms with van der Waals surface area (Å²) in [6.45, 7) is 3.21. The number of aromatic nitrogens is 1. The van der Waals surface area contributed by atoms with Crippen LogP contribution in [0.5, 0.6) is 11.5 Å². The summed E-state index contributed by atoms with van der Waals surface area (Å²) in [6, 6.07) is 8.64. The number of amides is 2. The van der Waals surface area contributed by atoms with Crippen LogP contribution in [0.1, 0.15) is 43.0 Å². The average molecular weight is 455 g/mol. The number of carbonyl (C=O) groups is 3. The summed E-state index contributed by atoms with van der Waals surface area (Å²) in [5.41, 5.74) is 6.59. The molecule has 3 rings (SSSR count). The number of nitrogens with one attached hydrogen (secondary N) is 1. The maximum atomic E-state index is 12.3. The first-order chi connectivity index (χ1) is 15.9. The van der Waals surface area contributed by atoms with Crippen LogP contribution < -0.4 is 25.4 Å². The second-order valence-electron chi connectivity index (χ2n) is 8.01. The van der Waals surface area contributed by atoms with Crippen LogP contribution in [0.25, 0.3) is 0 Å². The molecule has 1 aliphatic rings. The summed E-state index contributed by atoms with van der Waals surface area (Å²) in [5, 5.41) is 2.83.